The van der Waals surface area contributed by atoms with Crippen molar-refractivity contribution in [3.63, 3.8) is 0 Å². The predicted octanol–water partition coefficient (Wildman–Crippen LogP) is 5.75. The van der Waals surface area contributed by atoms with Crippen LogP contribution in [-0.2, 0) is 13.3 Å². The van der Waals surface area contributed by atoms with Gasteiger partial charge in [-0.2, -0.15) is 0 Å². The average Bonchev–Trinajstić information content (AvgIpc) is 2.13. The van der Waals surface area contributed by atoms with Crippen LogP contribution in [0.2, 0.25) is 58.9 Å². The third kappa shape index (κ3) is 4.69. The lowest BCUT2D eigenvalue weighted by atomic mass is 9.50. The second kappa shape index (κ2) is 5.77. The van der Waals surface area contributed by atoms with Gasteiger partial charge in [0.25, 0.3) is 0 Å². The van der Waals surface area contributed by atoms with Crippen LogP contribution < -0.4 is 0 Å². The summed E-state index contributed by atoms with van der Waals surface area (Å²) in [5.74, 6) is 0.709. The third-order valence-corrected chi connectivity index (χ3v) is 8.62. The molecule has 146 valence electrons. The lowest BCUT2D eigenvalue weighted by Crippen LogP contribution is -2.71. The fourth-order valence-corrected chi connectivity index (χ4v) is 11.0. The molecule has 0 heterocycles. The van der Waals surface area contributed by atoms with E-state index in [9.17, 15) is 0 Å². The molecular formula is C19H40O3Si3. The van der Waals surface area contributed by atoms with Gasteiger partial charge in [-0.25, -0.2) is 0 Å². The highest BCUT2D eigenvalue weighted by Crippen LogP contribution is 2.64. The van der Waals surface area contributed by atoms with Crippen molar-refractivity contribution in [3.8, 4) is 0 Å². The van der Waals surface area contributed by atoms with Crippen LogP contribution in [0.5, 0.6) is 0 Å². The lowest BCUT2D eigenvalue weighted by Gasteiger charge is -2.68. The summed E-state index contributed by atoms with van der Waals surface area (Å²) >= 11 is 0. The minimum absolute atomic E-state index is 0.00316. The van der Waals surface area contributed by atoms with E-state index >= 15 is 0 Å². The van der Waals surface area contributed by atoms with Gasteiger partial charge in [-0.1, -0.05) is 0 Å². The standard InChI is InChI=1S/C19H40O3Si3/c1-23(2,3)20-17-10-16-11-18(13-17,21-24(4,5)6)15-19(12-16,14-17)22-25(7,8)9/h16H,10-15H2,1-9H3. The van der Waals surface area contributed by atoms with Gasteiger partial charge < -0.3 is 13.3 Å². The van der Waals surface area contributed by atoms with Crippen molar-refractivity contribution in [2.45, 2.75) is 114 Å². The molecule has 6 heteroatoms. The highest BCUT2D eigenvalue weighted by molar-refractivity contribution is 6.70. The Labute approximate surface area is 158 Å². The van der Waals surface area contributed by atoms with E-state index in [1.807, 2.05) is 0 Å². The first-order valence-electron chi connectivity index (χ1n) is 10.1. The van der Waals surface area contributed by atoms with E-state index in [4.69, 9.17) is 13.3 Å². The van der Waals surface area contributed by atoms with Crippen LogP contribution in [0.25, 0.3) is 0 Å². The van der Waals surface area contributed by atoms with Gasteiger partial charge in [0.1, 0.15) is 0 Å². The molecule has 0 aromatic heterocycles. The van der Waals surface area contributed by atoms with E-state index < -0.39 is 25.0 Å². The summed E-state index contributed by atoms with van der Waals surface area (Å²) in [4.78, 5) is 0. The number of hydrogen-bond acceptors (Lipinski definition) is 3. The van der Waals surface area contributed by atoms with Crippen molar-refractivity contribution in [2.75, 3.05) is 0 Å². The quantitative estimate of drug-likeness (QED) is 0.531. The van der Waals surface area contributed by atoms with E-state index in [2.05, 4.69) is 58.9 Å². The molecule has 0 aromatic rings. The van der Waals surface area contributed by atoms with Gasteiger partial charge in [-0.15, -0.1) is 0 Å². The normalized spacial score (nSPS) is 41.4. The van der Waals surface area contributed by atoms with Crippen LogP contribution in [0.4, 0.5) is 0 Å². The minimum Gasteiger partial charge on any atom is -0.412 e. The molecule has 0 unspecified atom stereocenters. The third-order valence-electron chi connectivity index (χ3n) is 5.48. The summed E-state index contributed by atoms with van der Waals surface area (Å²) in [6.45, 7) is 21.0. The van der Waals surface area contributed by atoms with Crippen molar-refractivity contribution in [1.82, 2.24) is 0 Å². The fourth-order valence-electron chi connectivity index (χ4n) is 6.47. The number of rotatable bonds is 6. The van der Waals surface area contributed by atoms with E-state index in [0.29, 0.717) is 5.92 Å². The summed E-state index contributed by atoms with van der Waals surface area (Å²) in [6.07, 6.45) is 6.98. The van der Waals surface area contributed by atoms with Gasteiger partial charge in [-0.3, -0.25) is 0 Å². The molecule has 0 atom stereocenters. The summed E-state index contributed by atoms with van der Waals surface area (Å²) in [5.41, 5.74) is 0.00949. The molecule has 4 aliphatic carbocycles. The SMILES string of the molecule is C[Si](C)(C)OC12CC3CC(O[Si](C)(C)C)(C1)CC(O[Si](C)(C)C)(C3)C2. The van der Waals surface area contributed by atoms with Crippen LogP contribution in [0, 0.1) is 5.92 Å². The second-order valence-corrected chi connectivity index (χ2v) is 25.5. The maximum absolute atomic E-state index is 6.93. The molecule has 0 aliphatic heterocycles. The van der Waals surface area contributed by atoms with E-state index in [0.717, 1.165) is 19.3 Å². The van der Waals surface area contributed by atoms with Crippen molar-refractivity contribution in [1.29, 1.82) is 0 Å². The monoisotopic (exact) mass is 400 g/mol. The zero-order valence-corrected chi connectivity index (χ0v) is 21.0. The van der Waals surface area contributed by atoms with E-state index in [1.165, 1.54) is 19.3 Å². The maximum Gasteiger partial charge on any atom is 0.184 e. The molecule has 0 saturated heterocycles. The Hall–Kier alpha value is 0.531. The number of hydrogen-bond donors (Lipinski definition) is 0. The van der Waals surface area contributed by atoms with Crippen LogP contribution in [0.1, 0.15) is 38.5 Å². The first-order valence-corrected chi connectivity index (χ1v) is 20.4. The summed E-state index contributed by atoms with van der Waals surface area (Å²) in [5, 5.41) is 0. The first-order chi connectivity index (χ1) is 11.0. The van der Waals surface area contributed by atoms with Crippen molar-refractivity contribution >= 4 is 25.0 Å². The first kappa shape index (κ1) is 20.3. The molecule has 0 amide bonds. The molecular weight excluding hydrogens is 360 g/mol. The van der Waals surface area contributed by atoms with Gasteiger partial charge >= 0.3 is 0 Å². The topological polar surface area (TPSA) is 27.7 Å². The Morgan fingerprint density at radius 2 is 0.760 bits per heavy atom. The molecule has 25 heavy (non-hydrogen) atoms. The van der Waals surface area contributed by atoms with Crippen molar-refractivity contribution in [2.24, 2.45) is 5.92 Å². The Bertz CT molecular complexity index is 445. The molecule has 4 saturated carbocycles. The van der Waals surface area contributed by atoms with Crippen LogP contribution in [-0.4, -0.2) is 41.8 Å². The van der Waals surface area contributed by atoms with E-state index in [1.54, 1.807) is 0 Å². The van der Waals surface area contributed by atoms with Gasteiger partial charge in [0.15, 0.2) is 25.0 Å². The molecule has 0 spiro atoms. The zero-order valence-electron chi connectivity index (χ0n) is 18.0. The fraction of sp³-hybridized carbons (Fsp3) is 1.00. The Morgan fingerprint density at radius 1 is 0.520 bits per heavy atom. The Balaban J connectivity index is 1.98. The molecule has 0 N–H and O–H groups in total. The second-order valence-electron chi connectivity index (χ2n) is 12.2. The highest BCUT2D eigenvalue weighted by atomic mass is 28.4. The summed E-state index contributed by atoms with van der Waals surface area (Å²) < 4.78 is 20.8. The molecule has 4 aliphatic rings. The summed E-state index contributed by atoms with van der Waals surface area (Å²) in [6, 6.07) is 0. The van der Waals surface area contributed by atoms with E-state index in [-0.39, 0.29) is 16.8 Å². The molecule has 0 radical (unpaired) electrons. The van der Waals surface area contributed by atoms with Gasteiger partial charge in [0.05, 0.1) is 16.8 Å². The largest absolute Gasteiger partial charge is 0.412 e. The molecule has 0 aromatic carbocycles. The van der Waals surface area contributed by atoms with Gasteiger partial charge in [-0.05, 0) is 84.1 Å². The smallest absolute Gasteiger partial charge is 0.184 e. The minimum atomic E-state index is -1.61. The van der Waals surface area contributed by atoms with Gasteiger partial charge in [0, 0.05) is 19.3 Å². The van der Waals surface area contributed by atoms with Gasteiger partial charge in [0.2, 0.25) is 0 Å². The zero-order chi connectivity index (χ0) is 18.9. The Morgan fingerprint density at radius 3 is 0.960 bits per heavy atom. The van der Waals surface area contributed by atoms with Crippen molar-refractivity contribution < 1.29 is 13.3 Å². The lowest BCUT2D eigenvalue weighted by molar-refractivity contribution is -0.235. The average molecular weight is 401 g/mol. The van der Waals surface area contributed by atoms with Crippen molar-refractivity contribution in [3.05, 3.63) is 0 Å². The van der Waals surface area contributed by atoms with Crippen LogP contribution >= 0.6 is 0 Å². The molecule has 4 fully saturated rings. The predicted molar refractivity (Wildman–Crippen MR) is 113 cm³/mol. The van der Waals surface area contributed by atoms with Crippen LogP contribution in [0.3, 0.4) is 0 Å². The molecule has 3 nitrogen and oxygen atoms in total. The molecule has 4 bridgehead atoms. The maximum atomic E-state index is 6.93. The highest BCUT2D eigenvalue weighted by Gasteiger charge is 2.66. The summed E-state index contributed by atoms with van der Waals surface area (Å²) in [7, 11) is -4.84. The Kier molecular flexibility index (Phi) is 4.68. The van der Waals surface area contributed by atoms with Crippen LogP contribution in [0.15, 0.2) is 0 Å². The molecule has 4 rings (SSSR count).